The molecule has 2 aromatic rings. The van der Waals surface area contributed by atoms with Crippen molar-refractivity contribution in [3.05, 3.63) is 81.9 Å². The second-order valence-corrected chi connectivity index (χ2v) is 10.7. The van der Waals surface area contributed by atoms with Gasteiger partial charge in [0, 0.05) is 0 Å². The number of quaternary nitrogens is 1. The van der Waals surface area contributed by atoms with E-state index in [1.807, 2.05) is 0 Å². The zero-order valence-electron chi connectivity index (χ0n) is 19.6. The third kappa shape index (κ3) is 5.37. The first kappa shape index (κ1) is 22.2. The van der Waals surface area contributed by atoms with Crippen LogP contribution in [0.25, 0.3) is 12.2 Å². The third-order valence-corrected chi connectivity index (χ3v) is 5.80. The number of carbonyl (C=O) groups excluding carboxylic acids is 1. The predicted octanol–water partition coefficient (Wildman–Crippen LogP) is 4.85. The fraction of sp³-hybridized carbons (Fsp3) is 0.393. The first-order valence-electron chi connectivity index (χ1n) is 10.9. The van der Waals surface area contributed by atoms with Gasteiger partial charge in [0.1, 0.15) is 13.1 Å². The molecule has 3 rings (SSSR count). The number of benzene rings is 2. The minimum atomic E-state index is 0.134. The molecule has 1 aliphatic rings. The third-order valence-electron chi connectivity index (χ3n) is 5.80. The van der Waals surface area contributed by atoms with E-state index in [0.29, 0.717) is 0 Å². The molecule has 0 bridgehead atoms. The van der Waals surface area contributed by atoms with Crippen molar-refractivity contribution in [1.29, 1.82) is 0 Å². The van der Waals surface area contributed by atoms with Gasteiger partial charge in [-0.15, -0.1) is 0 Å². The van der Waals surface area contributed by atoms with E-state index >= 15 is 0 Å². The monoisotopic (exact) mass is 402 g/mol. The van der Waals surface area contributed by atoms with E-state index in [0.717, 1.165) is 35.4 Å². The Bertz CT molecular complexity index is 882. The number of carbonyl (C=O) groups is 1. The lowest BCUT2D eigenvalue weighted by Gasteiger charge is -2.23. The van der Waals surface area contributed by atoms with Crippen molar-refractivity contribution >= 4 is 17.9 Å². The van der Waals surface area contributed by atoms with E-state index in [4.69, 9.17) is 0 Å². The Morgan fingerprint density at radius 1 is 0.667 bits per heavy atom. The highest BCUT2D eigenvalue weighted by molar-refractivity contribution is 6.14. The highest BCUT2D eigenvalue weighted by atomic mass is 16.1. The van der Waals surface area contributed by atoms with Gasteiger partial charge in [0.2, 0.25) is 0 Å². The Kier molecular flexibility index (Phi) is 6.19. The molecule has 1 saturated heterocycles. The highest BCUT2D eigenvalue weighted by Gasteiger charge is 2.27. The first-order chi connectivity index (χ1) is 13.9. The average molecular weight is 403 g/mol. The van der Waals surface area contributed by atoms with Crippen LogP contribution in [0.5, 0.6) is 0 Å². The Labute approximate surface area is 182 Å². The number of rotatable bonds is 2. The summed E-state index contributed by atoms with van der Waals surface area (Å²) in [5, 5.41) is 0. The molecular weight excluding hydrogens is 366 g/mol. The Morgan fingerprint density at radius 3 is 1.30 bits per heavy atom. The van der Waals surface area contributed by atoms with Crippen LogP contribution in [0.15, 0.2) is 59.7 Å². The van der Waals surface area contributed by atoms with Gasteiger partial charge in [-0.3, -0.25) is 4.79 Å². The molecular formula is C28H36NO+. The summed E-state index contributed by atoms with van der Waals surface area (Å²) in [6.07, 6.45) is 4.13. The quantitative estimate of drug-likeness (QED) is 0.713. The van der Waals surface area contributed by atoms with Crippen LogP contribution in [-0.4, -0.2) is 25.9 Å². The van der Waals surface area contributed by atoms with Gasteiger partial charge in [-0.05, 0) is 45.2 Å². The van der Waals surface area contributed by atoms with E-state index in [-0.39, 0.29) is 16.6 Å². The maximum absolute atomic E-state index is 13.2. The number of hydrogen-bond donors (Lipinski definition) is 1. The molecule has 2 nitrogen and oxygen atoms in total. The van der Waals surface area contributed by atoms with Gasteiger partial charge in [0.25, 0.3) is 0 Å². The van der Waals surface area contributed by atoms with Crippen molar-refractivity contribution in [3.63, 3.8) is 0 Å². The Balaban J connectivity index is 1.86. The topological polar surface area (TPSA) is 21.5 Å². The molecule has 0 spiro atoms. The highest BCUT2D eigenvalue weighted by Crippen LogP contribution is 2.25. The van der Waals surface area contributed by atoms with Crippen molar-refractivity contribution in [1.82, 2.24) is 0 Å². The number of Topliss-reactive ketones (excluding diaryl/α,β-unsaturated/α-hetero) is 1. The van der Waals surface area contributed by atoms with Gasteiger partial charge < -0.3 is 4.90 Å². The van der Waals surface area contributed by atoms with Gasteiger partial charge >= 0.3 is 0 Å². The van der Waals surface area contributed by atoms with Crippen molar-refractivity contribution in [3.8, 4) is 0 Å². The number of piperidine rings is 1. The van der Waals surface area contributed by atoms with Gasteiger partial charge in [0.05, 0.1) is 18.2 Å². The second-order valence-electron chi connectivity index (χ2n) is 10.7. The number of likely N-dealkylation sites (N-methyl/N-ethyl adjacent to an activating group) is 1. The molecule has 2 aromatic carbocycles. The minimum Gasteiger partial charge on any atom is -0.330 e. The van der Waals surface area contributed by atoms with Crippen LogP contribution < -0.4 is 4.90 Å². The zero-order valence-corrected chi connectivity index (χ0v) is 19.6. The molecule has 1 heterocycles. The molecule has 1 fully saturated rings. The van der Waals surface area contributed by atoms with Crippen LogP contribution in [-0.2, 0) is 15.6 Å². The Hall–Kier alpha value is -2.45. The minimum absolute atomic E-state index is 0.134. The summed E-state index contributed by atoms with van der Waals surface area (Å²) < 4.78 is 0. The van der Waals surface area contributed by atoms with E-state index < -0.39 is 0 Å². The van der Waals surface area contributed by atoms with Crippen molar-refractivity contribution in [2.24, 2.45) is 0 Å². The summed E-state index contributed by atoms with van der Waals surface area (Å²) in [6, 6.07) is 17.2. The SMILES string of the molecule is C[NH+]1C/C(=C\c2ccc(C(C)(C)C)cc2)C(=O)/C(=C/c2ccc(C(C)(C)C)cc2)C1. The zero-order chi connectivity index (χ0) is 22.1. The summed E-state index contributed by atoms with van der Waals surface area (Å²) in [7, 11) is 2.15. The molecule has 0 saturated carbocycles. The van der Waals surface area contributed by atoms with E-state index in [1.165, 1.54) is 16.0 Å². The van der Waals surface area contributed by atoms with Crippen LogP contribution >= 0.6 is 0 Å². The lowest BCUT2D eigenvalue weighted by atomic mass is 9.86. The van der Waals surface area contributed by atoms with Gasteiger partial charge in [-0.1, -0.05) is 90.1 Å². The average Bonchev–Trinajstić information content (AvgIpc) is 2.65. The number of nitrogens with one attached hydrogen (secondary N) is 1. The van der Waals surface area contributed by atoms with Crippen molar-refractivity contribution < 1.29 is 9.69 Å². The summed E-state index contributed by atoms with van der Waals surface area (Å²) in [4.78, 5) is 14.5. The fourth-order valence-electron chi connectivity index (χ4n) is 3.87. The number of hydrogen-bond acceptors (Lipinski definition) is 1. The second kappa shape index (κ2) is 8.35. The maximum Gasteiger partial charge on any atom is 0.196 e. The molecule has 1 N–H and O–H groups in total. The summed E-state index contributed by atoms with van der Waals surface area (Å²) in [6.45, 7) is 14.8. The predicted molar refractivity (Wildman–Crippen MR) is 128 cm³/mol. The maximum atomic E-state index is 13.2. The van der Waals surface area contributed by atoms with Crippen LogP contribution in [0.2, 0.25) is 0 Å². The van der Waals surface area contributed by atoms with Crippen LogP contribution in [0.4, 0.5) is 0 Å². The normalized spacial score (nSPS) is 20.8. The Morgan fingerprint density at radius 2 is 1.00 bits per heavy atom. The van der Waals surface area contributed by atoms with Gasteiger partial charge in [0.15, 0.2) is 5.78 Å². The molecule has 1 aliphatic heterocycles. The van der Waals surface area contributed by atoms with Crippen LogP contribution in [0.3, 0.4) is 0 Å². The van der Waals surface area contributed by atoms with Crippen LogP contribution in [0, 0.1) is 0 Å². The standard InChI is InChI=1S/C28H35NO/c1-27(2,3)24-12-8-20(9-13-24)16-22-18-29(7)19-23(26(22)30)17-21-10-14-25(15-11-21)28(4,5)6/h8-17H,18-19H2,1-7H3/p+1/b22-16+,23-17+. The summed E-state index contributed by atoms with van der Waals surface area (Å²) in [5.74, 6) is 0.181. The lowest BCUT2D eigenvalue weighted by Crippen LogP contribution is -3.10. The van der Waals surface area contributed by atoms with E-state index in [9.17, 15) is 4.79 Å². The van der Waals surface area contributed by atoms with E-state index in [1.54, 1.807) is 0 Å². The molecule has 0 atom stereocenters. The lowest BCUT2D eigenvalue weighted by molar-refractivity contribution is -0.870. The first-order valence-corrected chi connectivity index (χ1v) is 10.9. The smallest absolute Gasteiger partial charge is 0.196 e. The largest absolute Gasteiger partial charge is 0.330 e. The van der Waals surface area contributed by atoms with Crippen molar-refractivity contribution in [2.45, 2.75) is 52.4 Å². The molecule has 0 aromatic heterocycles. The number of ketones is 1. The molecule has 0 aliphatic carbocycles. The summed E-state index contributed by atoms with van der Waals surface area (Å²) in [5.41, 5.74) is 6.84. The van der Waals surface area contributed by atoms with Gasteiger partial charge in [-0.25, -0.2) is 0 Å². The fourth-order valence-corrected chi connectivity index (χ4v) is 3.87. The van der Waals surface area contributed by atoms with E-state index in [2.05, 4.69) is 109 Å². The van der Waals surface area contributed by atoms with Crippen LogP contribution in [0.1, 0.15) is 63.8 Å². The van der Waals surface area contributed by atoms with Crippen molar-refractivity contribution in [2.75, 3.05) is 20.1 Å². The van der Waals surface area contributed by atoms with Gasteiger partial charge in [-0.2, -0.15) is 0 Å². The summed E-state index contributed by atoms with van der Waals surface area (Å²) >= 11 is 0. The molecule has 0 unspecified atom stereocenters. The molecule has 0 radical (unpaired) electrons. The number of likely N-dealkylation sites (tertiary alicyclic amines) is 1. The molecule has 0 amide bonds. The molecule has 30 heavy (non-hydrogen) atoms. The molecule has 2 heteroatoms. The molecule has 158 valence electrons.